The van der Waals surface area contributed by atoms with E-state index in [9.17, 15) is 0 Å². The minimum absolute atomic E-state index is 0.889. The second-order valence-electron chi connectivity index (χ2n) is 4.65. The summed E-state index contributed by atoms with van der Waals surface area (Å²) in [7, 11) is 0. The predicted molar refractivity (Wildman–Crippen MR) is 77.9 cm³/mol. The van der Waals surface area contributed by atoms with Gasteiger partial charge in [-0.25, -0.2) is 0 Å². The highest BCUT2D eigenvalue weighted by atomic mass is 14.9. The largest absolute Gasteiger partial charge is 0.381 e. The lowest BCUT2D eigenvalue weighted by Crippen LogP contribution is -1.98. The minimum atomic E-state index is 0.889. The van der Waals surface area contributed by atoms with Crippen LogP contribution in [0.5, 0.6) is 0 Å². The molecule has 18 heavy (non-hydrogen) atoms. The Kier molecular flexibility index (Phi) is 4.46. The first-order valence-corrected chi connectivity index (χ1v) is 6.79. The molecule has 0 bridgehead atoms. The Labute approximate surface area is 110 Å². The molecule has 0 unspecified atom stereocenters. The highest BCUT2D eigenvalue weighted by Crippen LogP contribution is 2.12. The third-order valence-electron chi connectivity index (χ3n) is 3.17. The van der Waals surface area contributed by atoms with Crippen molar-refractivity contribution >= 4 is 5.69 Å². The maximum atomic E-state index is 3.45. The smallest absolute Gasteiger partial charge is 0.0415 e. The number of hydrogen-bond acceptors (Lipinski definition) is 1. The molecule has 96 valence electrons. The molecule has 0 spiro atoms. The van der Waals surface area contributed by atoms with Crippen LogP contribution in [0.3, 0.4) is 0 Å². The Morgan fingerprint density at radius 1 is 1.00 bits per heavy atom. The fourth-order valence-corrected chi connectivity index (χ4v) is 2.07. The summed E-state index contributed by atoms with van der Waals surface area (Å²) in [5.74, 6) is 0. The molecule has 0 saturated heterocycles. The molecule has 2 heteroatoms. The van der Waals surface area contributed by atoms with E-state index in [1.807, 2.05) is 0 Å². The molecular weight excluding hydrogens is 220 g/mol. The lowest BCUT2D eigenvalue weighted by atomic mass is 10.1. The maximum absolute atomic E-state index is 3.45. The third-order valence-corrected chi connectivity index (χ3v) is 3.17. The van der Waals surface area contributed by atoms with Crippen molar-refractivity contribution in [2.45, 2.75) is 39.8 Å². The van der Waals surface area contributed by atoms with Crippen LogP contribution in [-0.2, 0) is 19.5 Å². The fourth-order valence-electron chi connectivity index (χ4n) is 2.07. The normalized spacial score (nSPS) is 10.6. The Bertz CT molecular complexity index is 468. The van der Waals surface area contributed by atoms with E-state index in [1.165, 1.54) is 29.7 Å². The first kappa shape index (κ1) is 12.7. The summed E-state index contributed by atoms with van der Waals surface area (Å²) in [5.41, 5.74) is 3.94. The van der Waals surface area contributed by atoms with Gasteiger partial charge in [0.15, 0.2) is 0 Å². The van der Waals surface area contributed by atoms with E-state index in [2.05, 4.69) is 66.5 Å². The van der Waals surface area contributed by atoms with Gasteiger partial charge in [0.2, 0.25) is 0 Å². The van der Waals surface area contributed by atoms with Gasteiger partial charge in [0.05, 0.1) is 0 Å². The van der Waals surface area contributed by atoms with E-state index in [-0.39, 0.29) is 0 Å². The zero-order valence-corrected chi connectivity index (χ0v) is 11.3. The van der Waals surface area contributed by atoms with Crippen LogP contribution in [0.2, 0.25) is 0 Å². The van der Waals surface area contributed by atoms with Crippen molar-refractivity contribution in [1.29, 1.82) is 0 Å². The summed E-state index contributed by atoms with van der Waals surface area (Å²) in [5, 5.41) is 3.45. The van der Waals surface area contributed by atoms with Gasteiger partial charge in [0.25, 0.3) is 0 Å². The van der Waals surface area contributed by atoms with Gasteiger partial charge in [0, 0.05) is 31.2 Å². The van der Waals surface area contributed by atoms with Crippen LogP contribution in [-0.4, -0.2) is 4.57 Å². The number of aryl methyl sites for hydroxylation is 2. The summed E-state index contributed by atoms with van der Waals surface area (Å²) in [6, 6.07) is 10.9. The van der Waals surface area contributed by atoms with E-state index in [1.54, 1.807) is 0 Å². The number of benzene rings is 1. The summed E-state index contributed by atoms with van der Waals surface area (Å²) in [4.78, 5) is 0. The Morgan fingerprint density at radius 3 is 2.39 bits per heavy atom. The van der Waals surface area contributed by atoms with Crippen LogP contribution in [0, 0.1) is 0 Å². The lowest BCUT2D eigenvalue weighted by Gasteiger charge is -2.06. The number of rotatable bonds is 6. The van der Waals surface area contributed by atoms with Crippen molar-refractivity contribution in [2.75, 3.05) is 5.32 Å². The Morgan fingerprint density at radius 2 is 1.78 bits per heavy atom. The van der Waals surface area contributed by atoms with Gasteiger partial charge in [-0.2, -0.15) is 0 Å². The van der Waals surface area contributed by atoms with Crippen molar-refractivity contribution < 1.29 is 0 Å². The molecule has 0 aliphatic heterocycles. The standard InChI is InChI=1S/C16H22N2/c1-3-5-14-6-8-16(9-7-14)17-12-15-10-11-18(4-2)13-15/h6-11,13,17H,3-5,12H2,1-2H3. The topological polar surface area (TPSA) is 17.0 Å². The first-order chi connectivity index (χ1) is 8.81. The van der Waals surface area contributed by atoms with Crippen molar-refractivity contribution in [2.24, 2.45) is 0 Å². The van der Waals surface area contributed by atoms with Crippen molar-refractivity contribution in [3.8, 4) is 0 Å². The van der Waals surface area contributed by atoms with Gasteiger partial charge in [-0.05, 0) is 42.7 Å². The average Bonchev–Trinajstić information content (AvgIpc) is 2.86. The van der Waals surface area contributed by atoms with Crippen molar-refractivity contribution in [3.63, 3.8) is 0 Å². The van der Waals surface area contributed by atoms with Gasteiger partial charge in [-0.15, -0.1) is 0 Å². The van der Waals surface area contributed by atoms with E-state index in [0.29, 0.717) is 0 Å². The highest BCUT2D eigenvalue weighted by molar-refractivity contribution is 5.45. The molecule has 2 aromatic rings. The Balaban J connectivity index is 1.89. The molecule has 0 aliphatic rings. The minimum Gasteiger partial charge on any atom is -0.381 e. The third kappa shape index (κ3) is 3.39. The molecule has 0 aliphatic carbocycles. The maximum Gasteiger partial charge on any atom is 0.0415 e. The summed E-state index contributed by atoms with van der Waals surface area (Å²) in [6.07, 6.45) is 6.69. The van der Waals surface area contributed by atoms with E-state index >= 15 is 0 Å². The monoisotopic (exact) mass is 242 g/mol. The second-order valence-corrected chi connectivity index (χ2v) is 4.65. The van der Waals surface area contributed by atoms with Crippen molar-refractivity contribution in [3.05, 3.63) is 53.9 Å². The first-order valence-electron chi connectivity index (χ1n) is 6.79. The fraction of sp³-hybridized carbons (Fsp3) is 0.375. The van der Waals surface area contributed by atoms with Crippen LogP contribution in [0.1, 0.15) is 31.4 Å². The van der Waals surface area contributed by atoms with Gasteiger partial charge in [-0.3, -0.25) is 0 Å². The summed E-state index contributed by atoms with van der Waals surface area (Å²) < 4.78 is 2.20. The van der Waals surface area contributed by atoms with E-state index < -0.39 is 0 Å². The molecule has 0 fully saturated rings. The van der Waals surface area contributed by atoms with Gasteiger partial charge < -0.3 is 9.88 Å². The SMILES string of the molecule is CCCc1ccc(NCc2ccn(CC)c2)cc1. The quantitative estimate of drug-likeness (QED) is 0.808. The number of aromatic nitrogens is 1. The Hall–Kier alpha value is -1.70. The van der Waals surface area contributed by atoms with Crippen LogP contribution in [0.15, 0.2) is 42.7 Å². The van der Waals surface area contributed by atoms with Crippen molar-refractivity contribution in [1.82, 2.24) is 4.57 Å². The molecule has 2 rings (SSSR count). The van der Waals surface area contributed by atoms with E-state index in [0.717, 1.165) is 13.1 Å². The van der Waals surface area contributed by atoms with Crippen LogP contribution < -0.4 is 5.32 Å². The summed E-state index contributed by atoms with van der Waals surface area (Å²) in [6.45, 7) is 6.29. The van der Waals surface area contributed by atoms with Crippen LogP contribution in [0.4, 0.5) is 5.69 Å². The van der Waals surface area contributed by atoms with Crippen LogP contribution in [0.25, 0.3) is 0 Å². The van der Waals surface area contributed by atoms with Crippen LogP contribution >= 0.6 is 0 Å². The molecular formula is C16H22N2. The van der Waals surface area contributed by atoms with Gasteiger partial charge >= 0.3 is 0 Å². The molecule has 0 radical (unpaired) electrons. The molecule has 1 aromatic carbocycles. The zero-order chi connectivity index (χ0) is 12.8. The zero-order valence-electron chi connectivity index (χ0n) is 11.3. The number of nitrogens with zero attached hydrogens (tertiary/aromatic N) is 1. The van der Waals surface area contributed by atoms with Gasteiger partial charge in [-0.1, -0.05) is 25.5 Å². The summed E-state index contributed by atoms with van der Waals surface area (Å²) >= 11 is 0. The second kappa shape index (κ2) is 6.29. The molecule has 2 nitrogen and oxygen atoms in total. The molecule has 1 heterocycles. The molecule has 0 saturated carbocycles. The lowest BCUT2D eigenvalue weighted by molar-refractivity contribution is 0.766. The number of nitrogens with one attached hydrogen (secondary N) is 1. The number of hydrogen-bond donors (Lipinski definition) is 1. The highest BCUT2D eigenvalue weighted by Gasteiger charge is 1.97. The molecule has 1 aromatic heterocycles. The average molecular weight is 242 g/mol. The number of anilines is 1. The molecule has 1 N–H and O–H groups in total. The molecule has 0 atom stereocenters. The van der Waals surface area contributed by atoms with Gasteiger partial charge in [0.1, 0.15) is 0 Å². The predicted octanol–water partition coefficient (Wildman–Crippen LogP) is 4.07. The van der Waals surface area contributed by atoms with E-state index in [4.69, 9.17) is 0 Å². The molecule has 0 amide bonds.